The van der Waals surface area contributed by atoms with Crippen LogP contribution in [0.15, 0.2) is 53.7 Å². The number of fused-ring (bicyclic) bond motifs is 1. The number of carbonyl (C=O) groups excluding carboxylic acids is 1. The molecule has 176 valence electrons. The number of hydrogen-bond acceptors (Lipinski definition) is 9. The summed E-state index contributed by atoms with van der Waals surface area (Å²) in [6, 6.07) is 10.6. The summed E-state index contributed by atoms with van der Waals surface area (Å²) in [6.07, 6.45) is 0. The Morgan fingerprint density at radius 3 is 2.65 bits per heavy atom. The standard InChI is InChI=1S/C23H23N5O6/c1-5-34-22(29)18-13(2)24-23-25-21(14-8-6-9-15(12-14)28(30)31)26-27(23)19(18)16-10-7-11-17(32-3)20(16)33-4/h6-12,19H,5H2,1-4H3,(H,24,25,26). The largest absolute Gasteiger partial charge is 0.493 e. The van der Waals surface area contributed by atoms with E-state index >= 15 is 0 Å². The molecule has 11 heteroatoms. The van der Waals surface area contributed by atoms with Crippen LogP contribution >= 0.6 is 0 Å². The normalized spacial score (nSPS) is 14.8. The average Bonchev–Trinajstić information content (AvgIpc) is 3.26. The molecule has 0 fully saturated rings. The Hall–Kier alpha value is -4.41. The molecule has 4 rings (SSSR count). The van der Waals surface area contributed by atoms with Crippen molar-refractivity contribution in [3.8, 4) is 22.9 Å². The highest BCUT2D eigenvalue weighted by molar-refractivity contribution is 5.92. The summed E-state index contributed by atoms with van der Waals surface area (Å²) in [5.41, 5.74) is 1.87. The minimum absolute atomic E-state index is 0.0780. The van der Waals surface area contributed by atoms with Crippen molar-refractivity contribution in [1.82, 2.24) is 14.8 Å². The second kappa shape index (κ2) is 9.22. The summed E-state index contributed by atoms with van der Waals surface area (Å²) in [6.45, 7) is 3.67. The van der Waals surface area contributed by atoms with Gasteiger partial charge in [0.15, 0.2) is 17.3 Å². The van der Waals surface area contributed by atoms with Crippen LogP contribution in [0.2, 0.25) is 0 Å². The zero-order valence-electron chi connectivity index (χ0n) is 19.1. The van der Waals surface area contributed by atoms with Crippen molar-refractivity contribution in [3.05, 3.63) is 69.4 Å². The van der Waals surface area contributed by atoms with E-state index in [4.69, 9.17) is 14.2 Å². The summed E-state index contributed by atoms with van der Waals surface area (Å²) < 4.78 is 18.0. The van der Waals surface area contributed by atoms with Gasteiger partial charge in [-0.05, 0) is 19.9 Å². The fraction of sp³-hybridized carbons (Fsp3) is 0.261. The van der Waals surface area contributed by atoms with E-state index < -0.39 is 16.9 Å². The van der Waals surface area contributed by atoms with E-state index in [1.165, 1.54) is 26.4 Å². The smallest absolute Gasteiger partial charge is 0.338 e. The lowest BCUT2D eigenvalue weighted by atomic mass is 9.94. The van der Waals surface area contributed by atoms with Gasteiger partial charge >= 0.3 is 5.97 Å². The van der Waals surface area contributed by atoms with Gasteiger partial charge in [-0.3, -0.25) is 10.1 Å². The number of carbonyl (C=O) groups is 1. The van der Waals surface area contributed by atoms with Gasteiger partial charge in [-0.15, -0.1) is 5.10 Å². The molecule has 1 aliphatic rings. The second-order valence-electron chi connectivity index (χ2n) is 7.38. The molecule has 1 N–H and O–H groups in total. The Kier molecular flexibility index (Phi) is 6.17. The zero-order valence-corrected chi connectivity index (χ0v) is 19.1. The van der Waals surface area contributed by atoms with Gasteiger partial charge in [0, 0.05) is 29.0 Å². The van der Waals surface area contributed by atoms with Crippen LogP contribution in [0.4, 0.5) is 11.6 Å². The maximum atomic E-state index is 13.0. The second-order valence-corrected chi connectivity index (χ2v) is 7.38. The zero-order chi connectivity index (χ0) is 24.4. The average molecular weight is 465 g/mol. The highest BCUT2D eigenvalue weighted by Crippen LogP contribution is 2.43. The van der Waals surface area contributed by atoms with Gasteiger partial charge in [-0.1, -0.05) is 24.3 Å². The molecule has 11 nitrogen and oxygen atoms in total. The molecule has 0 radical (unpaired) electrons. The molecule has 1 aromatic heterocycles. The highest BCUT2D eigenvalue weighted by atomic mass is 16.6. The fourth-order valence-corrected chi connectivity index (χ4v) is 3.92. The van der Waals surface area contributed by atoms with Crippen LogP contribution in [-0.2, 0) is 9.53 Å². The predicted octanol–water partition coefficient (Wildman–Crippen LogP) is 3.72. The molecule has 1 unspecified atom stereocenters. The molecule has 1 atom stereocenters. The van der Waals surface area contributed by atoms with E-state index in [0.29, 0.717) is 39.8 Å². The van der Waals surface area contributed by atoms with Crippen molar-refractivity contribution < 1.29 is 23.9 Å². The van der Waals surface area contributed by atoms with E-state index in [1.807, 2.05) is 6.07 Å². The first-order chi connectivity index (χ1) is 16.4. The van der Waals surface area contributed by atoms with Gasteiger partial charge in [-0.2, -0.15) is 4.98 Å². The molecule has 2 aromatic carbocycles. The lowest BCUT2D eigenvalue weighted by Gasteiger charge is -2.29. The number of benzene rings is 2. The van der Waals surface area contributed by atoms with Gasteiger partial charge in [0.05, 0.1) is 31.3 Å². The number of allylic oxidation sites excluding steroid dienone is 1. The van der Waals surface area contributed by atoms with Crippen molar-refractivity contribution in [1.29, 1.82) is 0 Å². The summed E-state index contributed by atoms with van der Waals surface area (Å²) in [4.78, 5) is 28.3. The molecular weight excluding hydrogens is 442 g/mol. The fourth-order valence-electron chi connectivity index (χ4n) is 3.92. The molecule has 34 heavy (non-hydrogen) atoms. The quantitative estimate of drug-likeness (QED) is 0.315. The topological polar surface area (TPSA) is 131 Å². The number of para-hydroxylation sites is 1. The number of nitrogens with zero attached hydrogens (tertiary/aromatic N) is 4. The van der Waals surface area contributed by atoms with Gasteiger partial charge in [0.1, 0.15) is 6.04 Å². The minimum atomic E-state index is -0.750. The molecule has 0 saturated heterocycles. The Bertz CT molecular complexity index is 1300. The number of nitrogens with one attached hydrogen (secondary N) is 1. The molecule has 0 aliphatic carbocycles. The lowest BCUT2D eigenvalue weighted by molar-refractivity contribution is -0.384. The lowest BCUT2D eigenvalue weighted by Crippen LogP contribution is -2.30. The molecule has 3 aromatic rings. The number of non-ortho nitro benzene ring substituents is 1. The first-order valence-electron chi connectivity index (χ1n) is 10.5. The van der Waals surface area contributed by atoms with Gasteiger partial charge in [0.25, 0.3) is 5.69 Å². The summed E-state index contributed by atoms with van der Waals surface area (Å²) in [5, 5.41) is 19.0. The van der Waals surface area contributed by atoms with E-state index in [1.54, 1.807) is 42.8 Å². The predicted molar refractivity (Wildman–Crippen MR) is 123 cm³/mol. The van der Waals surface area contributed by atoms with Crippen molar-refractivity contribution in [2.45, 2.75) is 19.9 Å². The third-order valence-corrected chi connectivity index (χ3v) is 5.39. The maximum absolute atomic E-state index is 13.0. The maximum Gasteiger partial charge on any atom is 0.338 e. The Morgan fingerprint density at radius 1 is 1.21 bits per heavy atom. The molecule has 0 amide bonds. The molecule has 0 saturated carbocycles. The molecule has 0 spiro atoms. The van der Waals surface area contributed by atoms with Crippen molar-refractivity contribution in [2.24, 2.45) is 0 Å². The molecule has 2 heterocycles. The van der Waals surface area contributed by atoms with Crippen molar-refractivity contribution >= 4 is 17.6 Å². The number of anilines is 1. The number of nitro groups is 1. The highest BCUT2D eigenvalue weighted by Gasteiger charge is 2.37. The summed E-state index contributed by atoms with van der Waals surface area (Å²) in [5.74, 6) is 1.03. The van der Waals surface area contributed by atoms with Crippen LogP contribution in [0, 0.1) is 10.1 Å². The number of hydrogen-bond donors (Lipinski definition) is 1. The Morgan fingerprint density at radius 2 is 1.97 bits per heavy atom. The first-order valence-corrected chi connectivity index (χ1v) is 10.5. The van der Waals surface area contributed by atoms with E-state index in [-0.39, 0.29) is 18.1 Å². The molecular formula is C23H23N5O6. The number of nitro benzene ring substituents is 1. The van der Waals surface area contributed by atoms with Gasteiger partial charge < -0.3 is 19.5 Å². The number of ether oxygens (including phenoxy) is 3. The Labute approximate surface area is 195 Å². The third kappa shape index (κ3) is 3.91. The van der Waals surface area contributed by atoms with E-state index in [2.05, 4.69) is 15.4 Å². The number of methoxy groups -OCH3 is 2. The SMILES string of the molecule is CCOC(=O)C1=C(C)Nc2nc(-c3cccc([N+](=O)[O-])c3)nn2C1c1cccc(OC)c1OC. The molecule has 1 aliphatic heterocycles. The van der Waals surface area contributed by atoms with Crippen LogP contribution < -0.4 is 14.8 Å². The van der Waals surface area contributed by atoms with Crippen LogP contribution in [0.25, 0.3) is 11.4 Å². The van der Waals surface area contributed by atoms with Crippen LogP contribution in [0.3, 0.4) is 0 Å². The van der Waals surface area contributed by atoms with Crippen LogP contribution in [-0.4, -0.2) is 46.5 Å². The summed E-state index contributed by atoms with van der Waals surface area (Å²) in [7, 11) is 3.04. The summed E-state index contributed by atoms with van der Waals surface area (Å²) >= 11 is 0. The van der Waals surface area contributed by atoms with E-state index in [0.717, 1.165) is 0 Å². The number of aromatic nitrogens is 3. The van der Waals surface area contributed by atoms with E-state index in [9.17, 15) is 14.9 Å². The number of rotatable bonds is 7. The van der Waals surface area contributed by atoms with Gasteiger partial charge in [-0.25, -0.2) is 9.48 Å². The monoisotopic (exact) mass is 465 g/mol. The minimum Gasteiger partial charge on any atom is -0.493 e. The molecule has 0 bridgehead atoms. The first kappa shape index (κ1) is 22.8. The number of esters is 1. The van der Waals surface area contributed by atoms with Crippen LogP contribution in [0.5, 0.6) is 11.5 Å². The van der Waals surface area contributed by atoms with Gasteiger partial charge in [0.2, 0.25) is 5.95 Å². The Balaban J connectivity index is 1.92. The van der Waals surface area contributed by atoms with Crippen molar-refractivity contribution in [2.75, 3.05) is 26.1 Å². The van der Waals surface area contributed by atoms with Crippen LogP contribution in [0.1, 0.15) is 25.5 Å². The van der Waals surface area contributed by atoms with Crippen molar-refractivity contribution in [3.63, 3.8) is 0 Å². The third-order valence-electron chi connectivity index (χ3n) is 5.39.